The summed E-state index contributed by atoms with van der Waals surface area (Å²) in [7, 11) is 0. The van der Waals surface area contributed by atoms with E-state index in [0.717, 1.165) is 51.2 Å². The molecule has 1 saturated heterocycles. The molecule has 0 spiro atoms. The summed E-state index contributed by atoms with van der Waals surface area (Å²) in [5.74, 6) is 2.04. The molecular formula is C27H28N4O2S. The normalized spacial score (nSPS) is 15.8. The quantitative estimate of drug-likeness (QED) is 0.577. The van der Waals surface area contributed by atoms with E-state index in [1.54, 1.807) is 11.8 Å². The van der Waals surface area contributed by atoms with Crippen molar-refractivity contribution >= 4 is 40.7 Å². The fourth-order valence-corrected chi connectivity index (χ4v) is 5.99. The molecule has 0 aliphatic carbocycles. The lowest BCUT2D eigenvalue weighted by atomic mass is 9.91. The second-order valence-corrected chi connectivity index (χ2v) is 10.0. The third kappa shape index (κ3) is 3.98. The maximum atomic E-state index is 13.0. The highest BCUT2D eigenvalue weighted by atomic mass is 32.2. The van der Waals surface area contributed by atoms with Crippen molar-refractivity contribution in [2.75, 3.05) is 31.9 Å². The number of benzene rings is 2. The minimum atomic E-state index is 0.00454. The van der Waals surface area contributed by atoms with Crippen LogP contribution >= 0.6 is 11.8 Å². The first kappa shape index (κ1) is 22.6. The maximum absolute atomic E-state index is 13.0. The Morgan fingerprint density at radius 1 is 1.00 bits per heavy atom. The summed E-state index contributed by atoms with van der Waals surface area (Å²) in [5.41, 5.74) is 8.19. The molecule has 0 atom stereocenters. The Kier molecular flexibility index (Phi) is 6.13. The van der Waals surface area contributed by atoms with Gasteiger partial charge < -0.3 is 15.2 Å². The van der Waals surface area contributed by atoms with Crippen molar-refractivity contribution in [1.82, 2.24) is 14.8 Å². The van der Waals surface area contributed by atoms with Gasteiger partial charge in [-0.2, -0.15) is 11.8 Å². The number of hydrogen-bond donors (Lipinski definition) is 1. The Morgan fingerprint density at radius 3 is 2.38 bits per heavy atom. The molecule has 2 amide bonds. The van der Waals surface area contributed by atoms with Gasteiger partial charge in [0.05, 0.1) is 11.2 Å². The van der Waals surface area contributed by atoms with Crippen LogP contribution in [0.4, 0.5) is 0 Å². The lowest BCUT2D eigenvalue weighted by Crippen LogP contribution is -2.50. The first-order valence-electron chi connectivity index (χ1n) is 11.7. The van der Waals surface area contributed by atoms with Crippen LogP contribution in [-0.4, -0.2) is 64.7 Å². The number of fused-ring (bicyclic) bond motifs is 3. The monoisotopic (exact) mass is 472 g/mol. The summed E-state index contributed by atoms with van der Waals surface area (Å²) in [5, 5.41) is 9.08. The second-order valence-electron chi connectivity index (χ2n) is 8.93. The summed E-state index contributed by atoms with van der Waals surface area (Å²) < 4.78 is 0. The van der Waals surface area contributed by atoms with Crippen LogP contribution in [0.3, 0.4) is 0 Å². The SMILES string of the molecule is CC(=O)N1CCN(C(=O)c2ccc(-c3nc4ccc(C)c(C=N)c4c4c3CSCC4)cc2)CC1. The number of nitrogens with zero attached hydrogens (tertiary/aromatic N) is 3. The van der Waals surface area contributed by atoms with Gasteiger partial charge >= 0.3 is 0 Å². The summed E-state index contributed by atoms with van der Waals surface area (Å²) in [4.78, 5) is 33.2. The van der Waals surface area contributed by atoms with Gasteiger partial charge in [0.2, 0.25) is 5.91 Å². The molecule has 3 aromatic rings. The summed E-state index contributed by atoms with van der Waals surface area (Å²) in [6.45, 7) is 5.91. The van der Waals surface area contributed by atoms with Gasteiger partial charge in [0.15, 0.2) is 0 Å². The zero-order chi connectivity index (χ0) is 23.8. The Balaban J connectivity index is 1.48. The maximum Gasteiger partial charge on any atom is 0.253 e. The van der Waals surface area contributed by atoms with E-state index in [2.05, 4.69) is 6.07 Å². The highest BCUT2D eigenvalue weighted by Crippen LogP contribution is 2.38. The molecule has 1 fully saturated rings. The van der Waals surface area contributed by atoms with Gasteiger partial charge in [-0.15, -0.1) is 0 Å². The van der Waals surface area contributed by atoms with Crippen LogP contribution < -0.4 is 0 Å². The molecule has 7 heteroatoms. The molecule has 0 saturated carbocycles. The highest BCUT2D eigenvalue weighted by Gasteiger charge is 2.24. The van der Waals surface area contributed by atoms with Gasteiger partial charge in [0.25, 0.3) is 5.91 Å². The molecule has 2 aromatic carbocycles. The van der Waals surface area contributed by atoms with E-state index in [4.69, 9.17) is 10.4 Å². The molecule has 3 heterocycles. The van der Waals surface area contributed by atoms with Crippen molar-refractivity contribution in [3.8, 4) is 11.3 Å². The van der Waals surface area contributed by atoms with E-state index >= 15 is 0 Å². The second kappa shape index (κ2) is 9.22. The standard InChI is InChI=1S/C27H28N4O2S/c1-17-3-8-24-25(22(17)15-28)21-9-14-34-16-23(21)26(29-24)19-4-6-20(7-5-19)27(33)31-12-10-30(11-13-31)18(2)32/h3-8,15,28H,9-14,16H2,1-2H3. The van der Waals surface area contributed by atoms with E-state index in [1.807, 2.05) is 53.9 Å². The molecule has 174 valence electrons. The molecule has 1 aromatic heterocycles. The van der Waals surface area contributed by atoms with Crippen LogP contribution in [0.1, 0.15) is 39.5 Å². The lowest BCUT2D eigenvalue weighted by molar-refractivity contribution is -0.130. The molecule has 1 N–H and O–H groups in total. The van der Waals surface area contributed by atoms with Gasteiger partial charge in [-0.3, -0.25) is 9.59 Å². The number of rotatable bonds is 3. The van der Waals surface area contributed by atoms with E-state index in [-0.39, 0.29) is 11.8 Å². The Bertz CT molecular complexity index is 1290. The zero-order valence-corrected chi connectivity index (χ0v) is 20.4. The lowest BCUT2D eigenvalue weighted by Gasteiger charge is -2.34. The summed E-state index contributed by atoms with van der Waals surface area (Å²) in [6.07, 6.45) is 2.43. The van der Waals surface area contributed by atoms with Crippen LogP contribution in [0.15, 0.2) is 36.4 Å². The summed E-state index contributed by atoms with van der Waals surface area (Å²) >= 11 is 1.92. The topological polar surface area (TPSA) is 77.4 Å². The number of piperazine rings is 1. The molecule has 2 aliphatic heterocycles. The Morgan fingerprint density at radius 2 is 1.71 bits per heavy atom. The number of thioether (sulfide) groups is 1. The first-order valence-corrected chi connectivity index (χ1v) is 12.8. The number of carbonyl (C=O) groups is 2. The largest absolute Gasteiger partial charge is 0.339 e. The molecule has 5 rings (SSSR count). The van der Waals surface area contributed by atoms with Crippen molar-refractivity contribution in [2.24, 2.45) is 0 Å². The smallest absolute Gasteiger partial charge is 0.253 e. The van der Waals surface area contributed by atoms with E-state index in [0.29, 0.717) is 31.7 Å². The van der Waals surface area contributed by atoms with Gasteiger partial charge in [-0.25, -0.2) is 4.98 Å². The van der Waals surface area contributed by atoms with Gasteiger partial charge in [-0.05, 0) is 54.0 Å². The van der Waals surface area contributed by atoms with Gasteiger partial charge in [-0.1, -0.05) is 18.2 Å². The highest BCUT2D eigenvalue weighted by molar-refractivity contribution is 7.98. The molecule has 2 aliphatic rings. The predicted octanol–water partition coefficient (Wildman–Crippen LogP) is 4.30. The van der Waals surface area contributed by atoms with E-state index < -0.39 is 0 Å². The van der Waals surface area contributed by atoms with Crippen molar-refractivity contribution in [3.05, 3.63) is 64.2 Å². The minimum absolute atomic E-state index is 0.00454. The molecule has 6 nitrogen and oxygen atoms in total. The molecule has 0 bridgehead atoms. The van der Waals surface area contributed by atoms with Crippen LogP contribution in [0.5, 0.6) is 0 Å². The third-order valence-electron chi connectivity index (χ3n) is 6.93. The fourth-order valence-electron chi connectivity index (χ4n) is 4.99. The van der Waals surface area contributed by atoms with Crippen LogP contribution in [-0.2, 0) is 17.0 Å². The molecule has 0 unspecified atom stereocenters. The van der Waals surface area contributed by atoms with Gasteiger partial charge in [0, 0.05) is 67.1 Å². The molecular weight excluding hydrogens is 444 g/mol. The number of carbonyl (C=O) groups excluding carboxylic acids is 2. The summed E-state index contributed by atoms with van der Waals surface area (Å²) in [6, 6.07) is 11.9. The Hall–Kier alpha value is -3.19. The van der Waals surface area contributed by atoms with Crippen molar-refractivity contribution < 1.29 is 9.59 Å². The van der Waals surface area contributed by atoms with Crippen molar-refractivity contribution in [1.29, 1.82) is 5.41 Å². The Labute approximate surface area is 203 Å². The molecule has 0 radical (unpaired) electrons. The van der Waals surface area contributed by atoms with Crippen LogP contribution in [0.2, 0.25) is 0 Å². The average Bonchev–Trinajstić information content (AvgIpc) is 2.88. The number of amides is 2. The number of nitrogens with one attached hydrogen (secondary N) is 1. The van der Waals surface area contributed by atoms with E-state index in [1.165, 1.54) is 17.3 Å². The average molecular weight is 473 g/mol. The predicted molar refractivity (Wildman–Crippen MR) is 138 cm³/mol. The number of aryl methyl sites for hydroxylation is 2. The fraction of sp³-hybridized carbons (Fsp3) is 0.333. The van der Waals surface area contributed by atoms with Crippen LogP contribution in [0, 0.1) is 12.3 Å². The first-order chi connectivity index (χ1) is 16.5. The number of pyridine rings is 1. The number of hydrogen-bond acceptors (Lipinski definition) is 5. The molecule has 34 heavy (non-hydrogen) atoms. The minimum Gasteiger partial charge on any atom is -0.339 e. The van der Waals surface area contributed by atoms with Crippen molar-refractivity contribution in [3.63, 3.8) is 0 Å². The van der Waals surface area contributed by atoms with E-state index in [9.17, 15) is 9.59 Å². The zero-order valence-electron chi connectivity index (χ0n) is 19.6. The van der Waals surface area contributed by atoms with Crippen molar-refractivity contribution in [2.45, 2.75) is 26.0 Å². The van der Waals surface area contributed by atoms with Gasteiger partial charge in [0.1, 0.15) is 0 Å². The number of aromatic nitrogens is 1. The van der Waals surface area contributed by atoms with Crippen LogP contribution in [0.25, 0.3) is 22.2 Å². The third-order valence-corrected chi connectivity index (χ3v) is 7.92.